The maximum Gasteiger partial charge on any atom is 0.144 e. The van der Waals surface area contributed by atoms with Crippen LogP contribution < -0.4 is 5.32 Å². The fraction of sp³-hybridized carbons (Fsp3) is 0.550. The Morgan fingerprint density at radius 1 is 1.28 bits per heavy atom. The highest BCUT2D eigenvalue weighted by molar-refractivity contribution is 6.30. The molecule has 0 saturated heterocycles. The van der Waals surface area contributed by atoms with Crippen molar-refractivity contribution in [3.63, 3.8) is 0 Å². The van der Waals surface area contributed by atoms with Crippen molar-refractivity contribution in [2.24, 2.45) is 5.16 Å². The van der Waals surface area contributed by atoms with E-state index in [2.05, 4.69) is 23.5 Å². The Hall–Kier alpha value is -1.36. The largest absolute Gasteiger partial charge is 0.393 e. The highest BCUT2D eigenvalue weighted by atomic mass is 35.5. The number of unbranched alkanes of at least 4 members (excludes halogenated alkanes) is 1. The van der Waals surface area contributed by atoms with Crippen LogP contribution >= 0.6 is 11.6 Å². The third kappa shape index (κ3) is 7.59. The molecule has 0 amide bonds. The van der Waals surface area contributed by atoms with Gasteiger partial charge in [0.15, 0.2) is 0 Å². The van der Waals surface area contributed by atoms with Crippen molar-refractivity contribution in [2.45, 2.75) is 51.6 Å². The minimum absolute atomic E-state index is 0.219. The van der Waals surface area contributed by atoms with Crippen molar-refractivity contribution in [3.05, 3.63) is 40.4 Å². The summed E-state index contributed by atoms with van der Waals surface area (Å²) in [7, 11) is 0. The van der Waals surface area contributed by atoms with E-state index < -0.39 is 6.10 Å². The zero-order valence-electron chi connectivity index (χ0n) is 15.0. The third-order valence-electron chi connectivity index (χ3n) is 4.22. The topological polar surface area (TPSA) is 53.8 Å². The summed E-state index contributed by atoms with van der Waals surface area (Å²) in [5, 5.41) is 18.2. The highest BCUT2D eigenvalue weighted by Gasteiger charge is 2.14. The lowest BCUT2D eigenvalue weighted by Gasteiger charge is -2.17. The number of nitrogens with one attached hydrogen (secondary N) is 1. The van der Waals surface area contributed by atoms with Gasteiger partial charge < -0.3 is 15.3 Å². The number of rotatable bonds is 9. The fourth-order valence-corrected chi connectivity index (χ4v) is 2.89. The Morgan fingerprint density at radius 3 is 2.80 bits per heavy atom. The molecule has 0 spiro atoms. The van der Waals surface area contributed by atoms with Crippen LogP contribution in [0.15, 0.2) is 35.0 Å². The Labute approximate surface area is 155 Å². The van der Waals surface area contributed by atoms with Gasteiger partial charge in [-0.1, -0.05) is 42.2 Å². The number of hydrogen-bond acceptors (Lipinski definition) is 4. The fourth-order valence-electron chi connectivity index (χ4n) is 2.76. The van der Waals surface area contributed by atoms with Crippen LogP contribution in [0.5, 0.6) is 0 Å². The Kier molecular flexibility index (Phi) is 9.02. The zero-order chi connectivity index (χ0) is 17.9. The molecule has 0 aliphatic heterocycles. The van der Waals surface area contributed by atoms with Gasteiger partial charge in [-0.25, -0.2) is 0 Å². The Bertz CT molecular complexity index is 570. The molecule has 5 heteroatoms. The van der Waals surface area contributed by atoms with Gasteiger partial charge in [-0.3, -0.25) is 0 Å². The average Bonchev–Trinajstić information content (AvgIpc) is 2.62. The lowest BCUT2D eigenvalue weighted by atomic mass is 9.91. The van der Waals surface area contributed by atoms with E-state index in [1.54, 1.807) is 0 Å². The normalized spacial score (nSPS) is 19.3. The standard InChI is InChI=1S/C20H29ClN2O2/c1-2-3-12-22-14-19(24)15-25-23-20-7-5-4-6-17(20)13-16-8-10-18(21)11-9-16/h8-11,13,19,22,24H,2-7,12,14-15H2,1H3/b17-13+,23-20+. The first-order chi connectivity index (χ1) is 12.2. The van der Waals surface area contributed by atoms with Crippen molar-refractivity contribution in [1.82, 2.24) is 5.32 Å². The van der Waals surface area contributed by atoms with Crippen molar-refractivity contribution in [3.8, 4) is 0 Å². The summed E-state index contributed by atoms with van der Waals surface area (Å²) < 4.78 is 0. The van der Waals surface area contributed by atoms with E-state index in [0.29, 0.717) is 6.54 Å². The van der Waals surface area contributed by atoms with Crippen LogP contribution in [0.25, 0.3) is 6.08 Å². The Morgan fingerprint density at radius 2 is 2.04 bits per heavy atom. The first-order valence-electron chi connectivity index (χ1n) is 9.23. The molecule has 4 nitrogen and oxygen atoms in total. The van der Waals surface area contributed by atoms with Gasteiger partial charge in [-0.15, -0.1) is 0 Å². The van der Waals surface area contributed by atoms with Gasteiger partial charge in [-0.05, 0) is 68.0 Å². The molecule has 138 valence electrons. The second-order valence-corrected chi connectivity index (χ2v) is 6.91. The number of hydrogen-bond donors (Lipinski definition) is 2. The molecular weight excluding hydrogens is 336 g/mol. The molecule has 1 fully saturated rings. The molecule has 2 N–H and O–H groups in total. The monoisotopic (exact) mass is 364 g/mol. The molecule has 1 aliphatic rings. The molecule has 1 unspecified atom stereocenters. The van der Waals surface area contributed by atoms with Gasteiger partial charge in [0.25, 0.3) is 0 Å². The molecule has 0 radical (unpaired) electrons. The molecule has 0 heterocycles. The maximum atomic E-state index is 9.92. The van der Waals surface area contributed by atoms with Crippen LogP contribution in [-0.2, 0) is 4.84 Å². The summed E-state index contributed by atoms with van der Waals surface area (Å²) in [5.74, 6) is 0. The van der Waals surface area contributed by atoms with Crippen LogP contribution in [0.3, 0.4) is 0 Å². The predicted octanol–water partition coefficient (Wildman–Crippen LogP) is 4.42. The molecule has 1 aliphatic carbocycles. The smallest absolute Gasteiger partial charge is 0.144 e. The number of oxime groups is 1. The number of aliphatic hydroxyl groups is 1. The molecule has 1 aromatic rings. The van der Waals surface area contributed by atoms with E-state index in [-0.39, 0.29) is 6.61 Å². The van der Waals surface area contributed by atoms with Crippen LogP contribution in [0.2, 0.25) is 5.02 Å². The van der Waals surface area contributed by atoms with Crippen LogP contribution in [0.1, 0.15) is 51.0 Å². The summed E-state index contributed by atoms with van der Waals surface area (Å²) in [6.45, 7) is 3.84. The van der Waals surface area contributed by atoms with E-state index in [4.69, 9.17) is 16.4 Å². The van der Waals surface area contributed by atoms with E-state index in [1.165, 1.54) is 12.0 Å². The quantitative estimate of drug-likeness (QED) is 0.503. The lowest BCUT2D eigenvalue weighted by Crippen LogP contribution is -2.30. The van der Waals surface area contributed by atoms with Gasteiger partial charge in [0, 0.05) is 11.6 Å². The molecule has 1 atom stereocenters. The van der Waals surface area contributed by atoms with E-state index in [9.17, 15) is 5.11 Å². The molecule has 1 saturated carbocycles. The van der Waals surface area contributed by atoms with Gasteiger partial charge in [0.1, 0.15) is 12.7 Å². The lowest BCUT2D eigenvalue weighted by molar-refractivity contribution is 0.0401. The number of allylic oxidation sites excluding steroid dienone is 1. The third-order valence-corrected chi connectivity index (χ3v) is 4.47. The van der Waals surface area contributed by atoms with Gasteiger partial charge in [0.05, 0.1) is 5.71 Å². The van der Waals surface area contributed by atoms with Gasteiger partial charge in [0.2, 0.25) is 0 Å². The van der Waals surface area contributed by atoms with Gasteiger partial charge >= 0.3 is 0 Å². The number of nitrogens with zero attached hydrogens (tertiary/aromatic N) is 1. The maximum absolute atomic E-state index is 9.92. The van der Waals surface area contributed by atoms with Crippen molar-refractivity contribution in [2.75, 3.05) is 19.7 Å². The first-order valence-corrected chi connectivity index (χ1v) is 9.61. The number of benzene rings is 1. The molecule has 0 bridgehead atoms. The summed E-state index contributed by atoms with van der Waals surface area (Å²) in [4.78, 5) is 5.42. The highest BCUT2D eigenvalue weighted by Crippen LogP contribution is 2.24. The van der Waals surface area contributed by atoms with Crippen molar-refractivity contribution >= 4 is 23.4 Å². The van der Waals surface area contributed by atoms with Crippen molar-refractivity contribution in [1.29, 1.82) is 0 Å². The predicted molar refractivity (Wildman–Crippen MR) is 105 cm³/mol. The second-order valence-electron chi connectivity index (χ2n) is 6.47. The minimum Gasteiger partial charge on any atom is -0.393 e. The molecule has 25 heavy (non-hydrogen) atoms. The summed E-state index contributed by atoms with van der Waals surface area (Å²) >= 11 is 5.94. The number of halogens is 1. The van der Waals surface area contributed by atoms with Crippen LogP contribution in [-0.4, -0.2) is 36.6 Å². The van der Waals surface area contributed by atoms with Crippen LogP contribution in [0, 0.1) is 0 Å². The van der Waals surface area contributed by atoms with E-state index in [1.807, 2.05) is 24.3 Å². The van der Waals surface area contributed by atoms with E-state index in [0.717, 1.165) is 54.9 Å². The van der Waals surface area contributed by atoms with Crippen molar-refractivity contribution < 1.29 is 9.94 Å². The summed E-state index contributed by atoms with van der Waals surface area (Å²) in [6.07, 6.45) is 8.11. The molecule has 0 aromatic heterocycles. The zero-order valence-corrected chi connectivity index (χ0v) is 15.8. The molecular formula is C20H29ClN2O2. The first kappa shape index (κ1) is 20.0. The molecule has 1 aromatic carbocycles. The molecule has 2 rings (SSSR count). The van der Waals surface area contributed by atoms with Crippen LogP contribution in [0.4, 0.5) is 0 Å². The second kappa shape index (κ2) is 11.3. The SMILES string of the molecule is CCCCNCC(O)CO/N=C1\CCCC\C1=C/c1ccc(Cl)cc1. The summed E-state index contributed by atoms with van der Waals surface area (Å²) in [6, 6.07) is 7.81. The summed E-state index contributed by atoms with van der Waals surface area (Å²) in [5.41, 5.74) is 3.32. The Balaban J connectivity index is 1.86. The minimum atomic E-state index is -0.534. The van der Waals surface area contributed by atoms with Gasteiger partial charge in [-0.2, -0.15) is 0 Å². The average molecular weight is 365 g/mol. The number of aliphatic hydroxyl groups excluding tert-OH is 1. The van der Waals surface area contributed by atoms with E-state index >= 15 is 0 Å².